The minimum absolute atomic E-state index is 0.383. The Kier molecular flexibility index (Phi) is 5.15. The maximum Gasteiger partial charge on any atom is 0.337 e. The van der Waals surface area contributed by atoms with Crippen molar-refractivity contribution in [1.29, 1.82) is 0 Å². The zero-order valence-electron chi connectivity index (χ0n) is 12.0. The number of benzene rings is 1. The van der Waals surface area contributed by atoms with Crippen molar-refractivity contribution in [3.8, 4) is 17.4 Å². The van der Waals surface area contributed by atoms with Gasteiger partial charge in [-0.25, -0.2) is 9.78 Å². The van der Waals surface area contributed by atoms with E-state index in [0.717, 1.165) is 6.42 Å². The van der Waals surface area contributed by atoms with E-state index in [9.17, 15) is 4.79 Å². The van der Waals surface area contributed by atoms with E-state index in [1.54, 1.807) is 42.6 Å². The van der Waals surface area contributed by atoms with Gasteiger partial charge in [0.2, 0.25) is 0 Å². The van der Waals surface area contributed by atoms with Gasteiger partial charge in [0, 0.05) is 6.20 Å². The summed E-state index contributed by atoms with van der Waals surface area (Å²) in [6.45, 7) is 2.63. The number of pyridine rings is 1. The molecule has 21 heavy (non-hydrogen) atoms. The molecule has 0 fully saturated rings. The Balaban J connectivity index is 2.12. The molecule has 0 unspecified atom stereocenters. The van der Waals surface area contributed by atoms with Crippen molar-refractivity contribution < 1.29 is 19.0 Å². The molecule has 0 saturated carbocycles. The van der Waals surface area contributed by atoms with Gasteiger partial charge in [-0.05, 0) is 42.8 Å². The first-order valence-electron chi connectivity index (χ1n) is 6.68. The summed E-state index contributed by atoms with van der Waals surface area (Å²) in [5.41, 5.74) is 0.466. The first kappa shape index (κ1) is 14.8. The van der Waals surface area contributed by atoms with Crippen molar-refractivity contribution in [3.63, 3.8) is 0 Å². The smallest absolute Gasteiger partial charge is 0.337 e. The summed E-state index contributed by atoms with van der Waals surface area (Å²) in [6, 6.07) is 10.2. The Morgan fingerprint density at radius 3 is 2.62 bits per heavy atom. The van der Waals surface area contributed by atoms with Crippen LogP contribution in [0.4, 0.5) is 0 Å². The number of methoxy groups -OCH3 is 1. The molecule has 0 saturated heterocycles. The lowest BCUT2D eigenvalue weighted by Crippen LogP contribution is -2.01. The molecular formula is C16H17NO4. The molecule has 2 aromatic rings. The summed E-state index contributed by atoms with van der Waals surface area (Å²) in [5, 5.41) is 0. The SMILES string of the molecule is CCCOc1cccnc1Oc1ccc(C(=O)OC)cc1. The molecule has 5 heteroatoms. The molecule has 110 valence electrons. The third kappa shape index (κ3) is 3.95. The van der Waals surface area contributed by atoms with E-state index >= 15 is 0 Å². The fraction of sp³-hybridized carbons (Fsp3) is 0.250. The molecule has 1 aromatic carbocycles. The normalized spacial score (nSPS) is 10.0. The second kappa shape index (κ2) is 7.28. The van der Waals surface area contributed by atoms with Crippen LogP contribution in [0.1, 0.15) is 23.7 Å². The van der Waals surface area contributed by atoms with Crippen molar-refractivity contribution in [2.45, 2.75) is 13.3 Å². The van der Waals surface area contributed by atoms with Crippen LogP contribution in [0.25, 0.3) is 0 Å². The number of carbonyl (C=O) groups is 1. The van der Waals surface area contributed by atoms with E-state index in [0.29, 0.717) is 29.5 Å². The summed E-state index contributed by atoms with van der Waals surface area (Å²) in [4.78, 5) is 15.5. The predicted octanol–water partition coefficient (Wildman–Crippen LogP) is 3.45. The highest BCUT2D eigenvalue weighted by atomic mass is 16.5. The van der Waals surface area contributed by atoms with Crippen LogP contribution in [0.15, 0.2) is 42.6 Å². The number of hydrogen-bond donors (Lipinski definition) is 0. The minimum Gasteiger partial charge on any atom is -0.488 e. The quantitative estimate of drug-likeness (QED) is 0.762. The van der Waals surface area contributed by atoms with Gasteiger partial charge in [0.05, 0.1) is 19.3 Å². The zero-order chi connectivity index (χ0) is 15.1. The standard InChI is InChI=1S/C16H17NO4/c1-3-11-20-14-5-4-10-17-15(14)21-13-8-6-12(7-9-13)16(18)19-2/h4-10H,3,11H2,1-2H3. The monoisotopic (exact) mass is 287 g/mol. The van der Waals surface area contributed by atoms with Crippen molar-refractivity contribution in [2.75, 3.05) is 13.7 Å². The average molecular weight is 287 g/mol. The Labute approximate surface area is 123 Å². The van der Waals surface area contributed by atoms with Gasteiger partial charge in [-0.3, -0.25) is 0 Å². The number of carbonyl (C=O) groups excluding carboxylic acids is 1. The van der Waals surface area contributed by atoms with Gasteiger partial charge in [0.1, 0.15) is 5.75 Å². The lowest BCUT2D eigenvalue weighted by Gasteiger charge is -2.10. The Morgan fingerprint density at radius 1 is 1.19 bits per heavy atom. The third-order valence-corrected chi connectivity index (χ3v) is 2.69. The van der Waals surface area contributed by atoms with Crippen molar-refractivity contribution in [1.82, 2.24) is 4.98 Å². The van der Waals surface area contributed by atoms with Crippen molar-refractivity contribution in [3.05, 3.63) is 48.2 Å². The fourth-order valence-electron chi connectivity index (χ4n) is 1.66. The molecule has 1 heterocycles. The van der Waals surface area contributed by atoms with Crippen LogP contribution in [0.5, 0.6) is 17.4 Å². The summed E-state index contributed by atoms with van der Waals surface area (Å²) >= 11 is 0. The average Bonchev–Trinajstić information content (AvgIpc) is 2.54. The highest BCUT2D eigenvalue weighted by molar-refractivity contribution is 5.89. The topological polar surface area (TPSA) is 57.7 Å². The van der Waals surface area contributed by atoms with Crippen LogP contribution in [0.3, 0.4) is 0 Å². The van der Waals surface area contributed by atoms with E-state index in [4.69, 9.17) is 9.47 Å². The molecule has 0 bridgehead atoms. The van der Waals surface area contributed by atoms with Gasteiger partial charge < -0.3 is 14.2 Å². The molecule has 0 aliphatic rings. The van der Waals surface area contributed by atoms with Gasteiger partial charge in [-0.1, -0.05) is 6.92 Å². The van der Waals surface area contributed by atoms with E-state index in [1.807, 2.05) is 6.92 Å². The maximum absolute atomic E-state index is 11.4. The summed E-state index contributed by atoms with van der Waals surface area (Å²) in [5.74, 6) is 1.18. The van der Waals surface area contributed by atoms with E-state index < -0.39 is 0 Å². The summed E-state index contributed by atoms with van der Waals surface area (Å²) in [7, 11) is 1.35. The number of esters is 1. The van der Waals surface area contributed by atoms with Crippen molar-refractivity contribution in [2.24, 2.45) is 0 Å². The molecule has 1 aromatic heterocycles. The molecule has 2 rings (SSSR count). The predicted molar refractivity (Wildman–Crippen MR) is 77.9 cm³/mol. The van der Waals surface area contributed by atoms with Crippen LogP contribution in [-0.4, -0.2) is 24.7 Å². The highest BCUT2D eigenvalue weighted by Crippen LogP contribution is 2.29. The largest absolute Gasteiger partial charge is 0.488 e. The second-order valence-corrected chi connectivity index (χ2v) is 4.27. The number of hydrogen-bond acceptors (Lipinski definition) is 5. The lowest BCUT2D eigenvalue weighted by atomic mass is 10.2. The van der Waals surface area contributed by atoms with Crippen molar-refractivity contribution >= 4 is 5.97 Å². The van der Waals surface area contributed by atoms with Gasteiger partial charge in [-0.15, -0.1) is 0 Å². The van der Waals surface area contributed by atoms with Gasteiger partial charge >= 0.3 is 5.97 Å². The Morgan fingerprint density at radius 2 is 1.95 bits per heavy atom. The Hall–Kier alpha value is -2.56. The minimum atomic E-state index is -0.383. The first-order valence-corrected chi connectivity index (χ1v) is 6.68. The molecule has 0 aliphatic heterocycles. The molecule has 0 spiro atoms. The van der Waals surface area contributed by atoms with Gasteiger partial charge in [0.15, 0.2) is 5.75 Å². The number of ether oxygens (including phenoxy) is 3. The zero-order valence-corrected chi connectivity index (χ0v) is 12.0. The molecule has 0 radical (unpaired) electrons. The van der Waals surface area contributed by atoms with E-state index in [2.05, 4.69) is 9.72 Å². The maximum atomic E-state index is 11.4. The van der Waals surface area contributed by atoms with Crippen LogP contribution < -0.4 is 9.47 Å². The van der Waals surface area contributed by atoms with Crippen LogP contribution >= 0.6 is 0 Å². The van der Waals surface area contributed by atoms with Gasteiger partial charge in [-0.2, -0.15) is 0 Å². The third-order valence-electron chi connectivity index (χ3n) is 2.69. The first-order chi connectivity index (χ1) is 10.2. The van der Waals surface area contributed by atoms with Crippen LogP contribution in [0.2, 0.25) is 0 Å². The fourth-order valence-corrected chi connectivity index (χ4v) is 1.66. The molecule has 0 amide bonds. The van der Waals surface area contributed by atoms with E-state index in [-0.39, 0.29) is 5.97 Å². The molecule has 0 N–H and O–H groups in total. The van der Waals surface area contributed by atoms with E-state index in [1.165, 1.54) is 7.11 Å². The number of nitrogens with zero attached hydrogens (tertiary/aromatic N) is 1. The lowest BCUT2D eigenvalue weighted by molar-refractivity contribution is 0.0600. The molecular weight excluding hydrogens is 270 g/mol. The Bertz CT molecular complexity index is 595. The highest BCUT2D eigenvalue weighted by Gasteiger charge is 2.09. The number of aromatic nitrogens is 1. The summed E-state index contributed by atoms with van der Waals surface area (Å²) in [6.07, 6.45) is 2.54. The number of rotatable bonds is 6. The summed E-state index contributed by atoms with van der Waals surface area (Å²) < 4.78 is 15.9. The molecule has 0 aliphatic carbocycles. The van der Waals surface area contributed by atoms with Gasteiger partial charge in [0.25, 0.3) is 5.88 Å². The molecule has 5 nitrogen and oxygen atoms in total. The molecule has 0 atom stereocenters. The van der Waals surface area contributed by atoms with Crippen LogP contribution in [0, 0.1) is 0 Å². The second-order valence-electron chi connectivity index (χ2n) is 4.27. The van der Waals surface area contributed by atoms with Crippen LogP contribution in [-0.2, 0) is 4.74 Å².